The molecular formula is C26H24BrClN2O3. The molecule has 0 bridgehead atoms. The number of aromatic nitrogens is 1. The van der Waals surface area contributed by atoms with Gasteiger partial charge >= 0.3 is 0 Å². The van der Waals surface area contributed by atoms with Crippen molar-refractivity contribution in [1.82, 2.24) is 9.88 Å². The Hall–Kier alpha value is -2.41. The molecule has 1 unspecified atom stereocenters. The van der Waals surface area contributed by atoms with Crippen molar-refractivity contribution in [3.63, 3.8) is 0 Å². The van der Waals surface area contributed by atoms with Crippen LogP contribution in [0.2, 0.25) is 5.02 Å². The maximum atomic E-state index is 13.6. The van der Waals surface area contributed by atoms with Gasteiger partial charge in [-0.25, -0.2) is 0 Å². The number of amides is 1. The fraction of sp³-hybridized carbons (Fsp3) is 0.308. The molecule has 1 aromatic heterocycles. The zero-order chi connectivity index (χ0) is 23.5. The van der Waals surface area contributed by atoms with Crippen LogP contribution >= 0.6 is 27.5 Å². The van der Waals surface area contributed by atoms with Crippen molar-refractivity contribution in [1.29, 1.82) is 0 Å². The van der Waals surface area contributed by atoms with E-state index in [1.165, 1.54) is 6.20 Å². The highest BCUT2D eigenvalue weighted by Gasteiger charge is 2.76. The Morgan fingerprint density at radius 1 is 1.15 bits per heavy atom. The van der Waals surface area contributed by atoms with Gasteiger partial charge in [0.1, 0.15) is 11.4 Å². The van der Waals surface area contributed by atoms with E-state index in [-0.39, 0.29) is 5.91 Å². The number of hydrogen-bond donors (Lipinski definition) is 1. The third-order valence-electron chi connectivity index (χ3n) is 7.17. The second-order valence-electron chi connectivity index (χ2n) is 9.05. The van der Waals surface area contributed by atoms with Crippen LogP contribution in [0.15, 0.2) is 71.3 Å². The van der Waals surface area contributed by atoms with Crippen LogP contribution in [0.25, 0.3) is 0 Å². The molecule has 1 aliphatic heterocycles. The molecule has 1 amide bonds. The van der Waals surface area contributed by atoms with Crippen molar-refractivity contribution in [3.05, 3.63) is 93.2 Å². The van der Waals surface area contributed by atoms with Gasteiger partial charge in [-0.05, 0) is 23.3 Å². The van der Waals surface area contributed by atoms with E-state index in [4.69, 9.17) is 16.3 Å². The molecule has 0 saturated heterocycles. The van der Waals surface area contributed by atoms with Crippen LogP contribution in [0.1, 0.15) is 29.7 Å². The van der Waals surface area contributed by atoms with Gasteiger partial charge in [-0.15, -0.1) is 0 Å². The minimum absolute atomic E-state index is 0.0604. The number of carbonyl (C=O) groups is 1. The number of pyridine rings is 1. The van der Waals surface area contributed by atoms with E-state index in [2.05, 4.69) is 20.9 Å². The second-order valence-corrected chi connectivity index (χ2v) is 10.4. The van der Waals surface area contributed by atoms with Gasteiger partial charge in [0.05, 0.1) is 10.9 Å². The van der Waals surface area contributed by atoms with E-state index < -0.39 is 29.0 Å². The molecule has 5 nitrogen and oxygen atoms in total. The molecule has 0 radical (unpaired) electrons. The minimum Gasteiger partial charge on any atom is -0.476 e. The summed E-state index contributed by atoms with van der Waals surface area (Å²) in [5.74, 6) is -1.12. The fourth-order valence-corrected chi connectivity index (χ4v) is 6.19. The van der Waals surface area contributed by atoms with E-state index in [9.17, 15) is 9.90 Å². The predicted molar refractivity (Wildman–Crippen MR) is 130 cm³/mol. The third-order valence-corrected chi connectivity index (χ3v) is 7.91. The average molecular weight is 528 g/mol. The first-order chi connectivity index (χ1) is 15.7. The number of halogens is 2. The number of rotatable bonds is 3. The zero-order valence-corrected chi connectivity index (χ0v) is 20.8. The number of nitrogens with zero attached hydrogens (tertiary/aromatic N) is 2. The normalized spacial score (nSPS) is 29.8. The summed E-state index contributed by atoms with van der Waals surface area (Å²) in [6.45, 7) is 1.91. The van der Waals surface area contributed by atoms with Crippen molar-refractivity contribution in [2.24, 2.45) is 11.8 Å². The smallest absolute Gasteiger partial charge is 0.226 e. The SMILES string of the molecule is CC1[C@H](C(=O)N(C)C)[C@@H](c2ccccc2)[C@]2(c3ccc(Br)cc3)Oc3cc(Cl)cnc3[C@]12O. The van der Waals surface area contributed by atoms with Crippen LogP contribution in [0.3, 0.4) is 0 Å². The van der Waals surface area contributed by atoms with E-state index in [0.717, 1.165) is 15.6 Å². The average Bonchev–Trinajstić information content (AvgIpc) is 3.17. The Kier molecular flexibility index (Phi) is 5.31. The van der Waals surface area contributed by atoms with Crippen molar-refractivity contribution in [2.45, 2.75) is 24.0 Å². The molecule has 5 rings (SSSR count). The van der Waals surface area contributed by atoms with Crippen molar-refractivity contribution < 1.29 is 14.6 Å². The minimum atomic E-state index is -1.56. The van der Waals surface area contributed by atoms with Gasteiger partial charge in [0.25, 0.3) is 0 Å². The van der Waals surface area contributed by atoms with Crippen LogP contribution in [-0.2, 0) is 16.0 Å². The maximum Gasteiger partial charge on any atom is 0.226 e. The van der Waals surface area contributed by atoms with Crippen LogP contribution in [0, 0.1) is 11.8 Å². The van der Waals surface area contributed by atoms with Crippen molar-refractivity contribution in [3.8, 4) is 5.75 Å². The maximum absolute atomic E-state index is 13.6. The largest absolute Gasteiger partial charge is 0.476 e. The second kappa shape index (κ2) is 7.83. The molecule has 1 fully saturated rings. The molecule has 2 aromatic carbocycles. The van der Waals surface area contributed by atoms with Crippen LogP contribution in [-0.4, -0.2) is 35.0 Å². The molecule has 0 spiro atoms. The molecule has 5 atom stereocenters. The molecule has 3 aromatic rings. The summed E-state index contributed by atoms with van der Waals surface area (Å²) in [7, 11) is 3.49. The Morgan fingerprint density at radius 2 is 1.82 bits per heavy atom. The quantitative estimate of drug-likeness (QED) is 0.514. The van der Waals surface area contributed by atoms with Gasteiger partial charge in [-0.2, -0.15) is 0 Å². The molecular weight excluding hydrogens is 504 g/mol. The number of hydrogen-bond acceptors (Lipinski definition) is 4. The summed E-state index contributed by atoms with van der Waals surface area (Å²) < 4.78 is 7.65. The molecule has 1 N–H and O–H groups in total. The third kappa shape index (κ3) is 3.00. The van der Waals surface area contributed by atoms with E-state index in [1.807, 2.05) is 61.5 Å². The van der Waals surface area contributed by atoms with Gasteiger partial charge in [-0.3, -0.25) is 9.78 Å². The van der Waals surface area contributed by atoms with Crippen LogP contribution in [0.5, 0.6) is 5.75 Å². The van der Waals surface area contributed by atoms with Crippen molar-refractivity contribution in [2.75, 3.05) is 14.1 Å². The summed E-state index contributed by atoms with van der Waals surface area (Å²) in [5.41, 5.74) is -0.723. The van der Waals surface area contributed by atoms with Crippen molar-refractivity contribution >= 4 is 33.4 Å². The molecule has 7 heteroatoms. The Bertz CT molecular complexity index is 1220. The molecule has 2 aliphatic rings. The summed E-state index contributed by atoms with van der Waals surface area (Å²) in [6.07, 6.45) is 1.52. The first-order valence-corrected chi connectivity index (χ1v) is 12.0. The Labute approximate surface area is 206 Å². The lowest BCUT2D eigenvalue weighted by atomic mass is 9.71. The number of fused-ring (bicyclic) bond motifs is 3. The van der Waals surface area contributed by atoms with E-state index >= 15 is 0 Å². The lowest BCUT2D eigenvalue weighted by Crippen LogP contribution is -2.50. The van der Waals surface area contributed by atoms with E-state index in [0.29, 0.717) is 16.5 Å². The lowest BCUT2D eigenvalue weighted by Gasteiger charge is -2.41. The van der Waals surface area contributed by atoms with Gasteiger partial charge in [-0.1, -0.05) is 76.9 Å². The highest BCUT2D eigenvalue weighted by atomic mass is 79.9. The van der Waals surface area contributed by atoms with Crippen LogP contribution in [0.4, 0.5) is 0 Å². The predicted octanol–water partition coefficient (Wildman–Crippen LogP) is 5.11. The van der Waals surface area contributed by atoms with Gasteiger partial charge in [0, 0.05) is 42.7 Å². The summed E-state index contributed by atoms with van der Waals surface area (Å²) in [5, 5.41) is 13.1. The summed E-state index contributed by atoms with van der Waals surface area (Å²) in [4.78, 5) is 19.7. The van der Waals surface area contributed by atoms with E-state index in [1.54, 1.807) is 25.1 Å². The van der Waals surface area contributed by atoms with Gasteiger partial charge in [0.2, 0.25) is 5.91 Å². The summed E-state index contributed by atoms with van der Waals surface area (Å²) >= 11 is 9.76. The standard InChI is InChI=1S/C26H24BrClN2O3/c1-15-21(24(31)30(2)3)22(16-7-5-4-6-8-16)26(17-9-11-18(27)12-10-17)25(15,32)23-20(33-26)13-19(28)14-29-23/h4-15,21-22,32H,1-3H3/t15?,21-,22+,25+,26-/m0/s1. The number of ether oxygens (including phenoxy) is 1. The molecule has 1 saturated carbocycles. The highest BCUT2D eigenvalue weighted by molar-refractivity contribution is 9.10. The first kappa shape index (κ1) is 22.4. The monoisotopic (exact) mass is 526 g/mol. The molecule has 33 heavy (non-hydrogen) atoms. The lowest BCUT2D eigenvalue weighted by molar-refractivity contribution is -0.137. The van der Waals surface area contributed by atoms with Gasteiger partial charge < -0.3 is 14.7 Å². The number of benzene rings is 2. The Morgan fingerprint density at radius 3 is 2.45 bits per heavy atom. The summed E-state index contributed by atoms with van der Waals surface area (Å²) in [6, 6.07) is 19.2. The first-order valence-electron chi connectivity index (χ1n) is 10.8. The molecule has 2 heterocycles. The molecule has 170 valence electrons. The van der Waals surface area contributed by atoms with Crippen LogP contribution < -0.4 is 4.74 Å². The number of aliphatic hydroxyl groups is 1. The molecule has 1 aliphatic carbocycles. The van der Waals surface area contributed by atoms with Gasteiger partial charge in [0.15, 0.2) is 11.2 Å². The Balaban J connectivity index is 1.87. The fourth-order valence-electron chi connectivity index (χ4n) is 5.78. The zero-order valence-electron chi connectivity index (χ0n) is 18.5. The highest BCUT2D eigenvalue weighted by Crippen LogP contribution is 2.70. The number of carbonyl (C=O) groups excluding carboxylic acids is 1. The topological polar surface area (TPSA) is 62.7 Å².